The van der Waals surface area contributed by atoms with Gasteiger partial charge in [-0.05, 0) is 31.5 Å². The molecule has 1 amide bonds. The number of amides is 1. The van der Waals surface area contributed by atoms with E-state index in [2.05, 4.69) is 15.2 Å². The molecule has 146 valence electrons. The molecule has 6 nitrogen and oxygen atoms in total. The van der Waals surface area contributed by atoms with Gasteiger partial charge in [-0.3, -0.25) is 9.69 Å². The number of ether oxygens (including phenoxy) is 1. The Morgan fingerprint density at radius 2 is 2.19 bits per heavy atom. The van der Waals surface area contributed by atoms with Gasteiger partial charge in [0.2, 0.25) is 5.91 Å². The van der Waals surface area contributed by atoms with E-state index in [0.717, 1.165) is 31.0 Å². The Kier molecular flexibility index (Phi) is 6.07. The van der Waals surface area contributed by atoms with Crippen molar-refractivity contribution in [3.8, 4) is 5.75 Å². The summed E-state index contributed by atoms with van der Waals surface area (Å²) < 4.78 is 7.73. The lowest BCUT2D eigenvalue weighted by Gasteiger charge is -2.18. The Labute approximate surface area is 165 Å². The molecule has 0 aliphatic carbocycles. The van der Waals surface area contributed by atoms with Gasteiger partial charge in [-0.25, -0.2) is 4.98 Å². The number of likely N-dealkylation sites (tertiary alicyclic amines) is 1. The molecule has 1 aliphatic heterocycles. The van der Waals surface area contributed by atoms with Crippen molar-refractivity contribution in [1.29, 1.82) is 0 Å². The van der Waals surface area contributed by atoms with E-state index in [1.54, 1.807) is 13.1 Å². The second-order valence-corrected chi connectivity index (χ2v) is 7.84. The molecule has 27 heavy (non-hydrogen) atoms. The molecule has 0 bridgehead atoms. The van der Waals surface area contributed by atoms with Crippen LogP contribution in [0.3, 0.4) is 0 Å². The summed E-state index contributed by atoms with van der Waals surface area (Å²) in [5, 5.41) is 3.71. The highest BCUT2D eigenvalue weighted by Gasteiger charge is 2.36. The molecule has 1 N–H and O–H groups in total. The van der Waals surface area contributed by atoms with Crippen molar-refractivity contribution in [1.82, 2.24) is 19.8 Å². The fourth-order valence-electron chi connectivity index (χ4n) is 3.67. The first-order chi connectivity index (χ1) is 12.8. The molecule has 2 atom stereocenters. The number of halogens is 1. The minimum atomic E-state index is -0.0145. The quantitative estimate of drug-likeness (QED) is 0.823. The highest BCUT2D eigenvalue weighted by molar-refractivity contribution is 6.32. The summed E-state index contributed by atoms with van der Waals surface area (Å²) >= 11 is 6.37. The van der Waals surface area contributed by atoms with Gasteiger partial charge < -0.3 is 14.6 Å². The van der Waals surface area contributed by atoms with Crippen molar-refractivity contribution >= 4 is 17.5 Å². The fraction of sp³-hybridized carbons (Fsp3) is 0.500. The lowest BCUT2D eigenvalue weighted by molar-refractivity contribution is -0.119. The minimum absolute atomic E-state index is 0.0145. The van der Waals surface area contributed by atoms with E-state index < -0.39 is 0 Å². The Bertz CT molecular complexity index is 805. The Hall–Kier alpha value is -2.05. The third-order valence-corrected chi connectivity index (χ3v) is 5.03. The van der Waals surface area contributed by atoms with Crippen LogP contribution in [0.15, 0.2) is 30.6 Å². The predicted molar refractivity (Wildman–Crippen MR) is 106 cm³/mol. The normalized spacial score (nSPS) is 20.2. The third-order valence-electron chi connectivity index (χ3n) is 4.74. The third kappa shape index (κ3) is 4.82. The predicted octanol–water partition coefficient (Wildman–Crippen LogP) is 2.96. The molecule has 1 aliphatic rings. The summed E-state index contributed by atoms with van der Waals surface area (Å²) in [4.78, 5) is 18.5. The summed E-state index contributed by atoms with van der Waals surface area (Å²) in [5.41, 5.74) is 1.12. The number of carbonyl (C=O) groups is 1. The van der Waals surface area contributed by atoms with Gasteiger partial charge in [-0.2, -0.15) is 0 Å². The molecular formula is C20H27ClN4O2. The van der Waals surface area contributed by atoms with E-state index in [9.17, 15) is 4.79 Å². The molecule has 1 aromatic heterocycles. The minimum Gasteiger partial charge on any atom is -0.489 e. The van der Waals surface area contributed by atoms with Crippen molar-refractivity contribution < 1.29 is 9.53 Å². The number of aryl methyl sites for hydroxylation is 1. The van der Waals surface area contributed by atoms with E-state index in [-0.39, 0.29) is 24.0 Å². The number of hydrogen-bond acceptors (Lipinski definition) is 4. The van der Waals surface area contributed by atoms with Crippen molar-refractivity contribution in [2.45, 2.75) is 45.4 Å². The first kappa shape index (κ1) is 19.7. The lowest BCUT2D eigenvalue weighted by atomic mass is 10.0. The second-order valence-electron chi connectivity index (χ2n) is 7.44. The molecule has 3 rings (SSSR count). The number of aromatic nitrogens is 2. The first-order valence-corrected chi connectivity index (χ1v) is 9.63. The van der Waals surface area contributed by atoms with Crippen LogP contribution in [-0.2, 0) is 18.4 Å². The maximum absolute atomic E-state index is 11.6. The van der Waals surface area contributed by atoms with Crippen LogP contribution in [-0.4, -0.2) is 45.6 Å². The number of rotatable bonds is 6. The smallest absolute Gasteiger partial charge is 0.217 e. The van der Waals surface area contributed by atoms with E-state index in [0.29, 0.717) is 10.8 Å². The van der Waals surface area contributed by atoms with Crippen LogP contribution in [0, 0.1) is 0 Å². The van der Waals surface area contributed by atoms with Crippen LogP contribution in [0.1, 0.15) is 38.1 Å². The van der Waals surface area contributed by atoms with E-state index >= 15 is 0 Å². The molecule has 0 spiro atoms. The molecule has 1 fully saturated rings. The average molecular weight is 391 g/mol. The number of imidazole rings is 1. The van der Waals surface area contributed by atoms with Crippen LogP contribution in [0.25, 0.3) is 0 Å². The van der Waals surface area contributed by atoms with Crippen LogP contribution in [0.2, 0.25) is 5.02 Å². The van der Waals surface area contributed by atoms with Gasteiger partial charge in [-0.15, -0.1) is 0 Å². The SMILES string of the molecule is CC(=O)N[C@@H]1CN(Cc2ccc(OC(C)C)c(Cl)c2)C[C@H]1c1nccn1C. The Morgan fingerprint density at radius 3 is 2.78 bits per heavy atom. The molecule has 1 saturated heterocycles. The molecule has 0 radical (unpaired) electrons. The topological polar surface area (TPSA) is 59.4 Å². The maximum Gasteiger partial charge on any atom is 0.217 e. The zero-order valence-corrected chi connectivity index (χ0v) is 17.0. The van der Waals surface area contributed by atoms with Crippen molar-refractivity contribution in [2.75, 3.05) is 13.1 Å². The number of hydrogen-bond donors (Lipinski definition) is 1. The molecule has 0 unspecified atom stereocenters. The van der Waals surface area contributed by atoms with Crippen molar-refractivity contribution in [3.05, 3.63) is 47.0 Å². The van der Waals surface area contributed by atoms with Crippen LogP contribution >= 0.6 is 11.6 Å². The summed E-state index contributed by atoms with van der Waals surface area (Å²) in [6.07, 6.45) is 3.83. The maximum atomic E-state index is 11.6. The van der Waals surface area contributed by atoms with Gasteiger partial charge in [0.1, 0.15) is 11.6 Å². The van der Waals surface area contributed by atoms with Crippen molar-refractivity contribution in [2.24, 2.45) is 7.05 Å². The highest BCUT2D eigenvalue weighted by atomic mass is 35.5. The number of nitrogens with one attached hydrogen (secondary N) is 1. The van der Waals surface area contributed by atoms with Gasteiger partial charge in [0, 0.05) is 46.0 Å². The number of benzene rings is 1. The Morgan fingerprint density at radius 1 is 1.41 bits per heavy atom. The molecular weight excluding hydrogens is 364 g/mol. The van der Waals surface area contributed by atoms with Gasteiger partial charge in [0.25, 0.3) is 0 Å². The van der Waals surface area contributed by atoms with Gasteiger partial charge >= 0.3 is 0 Å². The number of carbonyl (C=O) groups excluding carboxylic acids is 1. The zero-order chi connectivity index (χ0) is 19.6. The molecule has 0 saturated carbocycles. The van der Waals surface area contributed by atoms with Crippen LogP contribution < -0.4 is 10.1 Å². The first-order valence-electron chi connectivity index (χ1n) is 9.25. The van der Waals surface area contributed by atoms with Gasteiger partial charge in [-0.1, -0.05) is 17.7 Å². The second kappa shape index (κ2) is 8.31. The fourth-order valence-corrected chi connectivity index (χ4v) is 3.92. The largest absolute Gasteiger partial charge is 0.489 e. The van der Waals surface area contributed by atoms with E-state index in [1.807, 2.05) is 49.9 Å². The zero-order valence-electron chi connectivity index (χ0n) is 16.3. The number of nitrogens with zero attached hydrogens (tertiary/aromatic N) is 3. The lowest BCUT2D eigenvalue weighted by Crippen LogP contribution is -2.39. The molecule has 7 heteroatoms. The van der Waals surface area contributed by atoms with E-state index in [1.165, 1.54) is 0 Å². The summed E-state index contributed by atoms with van der Waals surface area (Å²) in [6.45, 7) is 7.89. The summed E-state index contributed by atoms with van der Waals surface area (Å²) in [6, 6.07) is 5.98. The summed E-state index contributed by atoms with van der Waals surface area (Å²) in [5.74, 6) is 1.85. The van der Waals surface area contributed by atoms with Gasteiger partial charge in [0.15, 0.2) is 0 Å². The standard InChI is InChI=1S/C20H27ClN4O2/c1-13(2)27-19-6-5-15(9-17(19)21)10-25-11-16(18(12-25)23-14(3)26)20-22-7-8-24(20)4/h5-9,13,16,18H,10-12H2,1-4H3,(H,23,26)/t16-,18-/m1/s1. The van der Waals surface area contributed by atoms with Crippen molar-refractivity contribution in [3.63, 3.8) is 0 Å². The van der Waals surface area contributed by atoms with Crippen LogP contribution in [0.4, 0.5) is 0 Å². The van der Waals surface area contributed by atoms with Gasteiger partial charge in [0.05, 0.1) is 23.1 Å². The molecule has 2 aromatic rings. The van der Waals surface area contributed by atoms with Crippen LogP contribution in [0.5, 0.6) is 5.75 Å². The summed E-state index contributed by atoms with van der Waals surface area (Å²) in [7, 11) is 1.99. The molecule has 2 heterocycles. The van der Waals surface area contributed by atoms with E-state index in [4.69, 9.17) is 16.3 Å². The highest BCUT2D eigenvalue weighted by Crippen LogP contribution is 2.30. The average Bonchev–Trinajstić information content (AvgIpc) is 3.15. The Balaban J connectivity index is 1.73. The molecule has 1 aromatic carbocycles. The monoisotopic (exact) mass is 390 g/mol.